The van der Waals surface area contributed by atoms with E-state index in [0.29, 0.717) is 0 Å². The van der Waals surface area contributed by atoms with Gasteiger partial charge in [-0.05, 0) is 40.6 Å². The Morgan fingerprint density at radius 3 is 2.56 bits per heavy atom. The molecule has 1 aromatic heterocycles. The standard InChI is InChI=1S/C24H17F3N4O2S/c25-24(26,27)18-8-4-9-19(13-18)31-21-11-12-28-15-22(21)34(32,33)30-23(31)29-14-17-7-3-6-16-5-1-2-10-20(16)17/h1-13,15H,14H2,(H,29,30). The molecule has 2 heterocycles. The van der Waals surface area contributed by atoms with Crippen molar-refractivity contribution < 1.29 is 21.6 Å². The fraction of sp³-hybridized carbons (Fsp3) is 0.0833. The number of nitrogens with zero attached hydrogens (tertiary/aromatic N) is 3. The van der Waals surface area contributed by atoms with E-state index in [2.05, 4.69) is 14.7 Å². The van der Waals surface area contributed by atoms with Crippen molar-refractivity contribution in [2.45, 2.75) is 17.6 Å². The topological polar surface area (TPSA) is 74.7 Å². The van der Waals surface area contributed by atoms with Crippen molar-refractivity contribution in [3.8, 4) is 0 Å². The summed E-state index contributed by atoms with van der Waals surface area (Å²) < 4.78 is 68.3. The van der Waals surface area contributed by atoms with Gasteiger partial charge in [0.25, 0.3) is 10.0 Å². The number of fused-ring (bicyclic) bond motifs is 2. The summed E-state index contributed by atoms with van der Waals surface area (Å²) in [5.41, 5.74) is 0.253. The van der Waals surface area contributed by atoms with Crippen molar-refractivity contribution in [1.82, 2.24) is 9.71 Å². The molecule has 34 heavy (non-hydrogen) atoms. The van der Waals surface area contributed by atoms with E-state index in [1.165, 1.54) is 29.3 Å². The first kappa shape index (κ1) is 21.9. The highest BCUT2D eigenvalue weighted by molar-refractivity contribution is 7.90. The number of benzene rings is 3. The van der Waals surface area contributed by atoms with Crippen LogP contribution < -0.4 is 9.62 Å². The zero-order chi connectivity index (χ0) is 23.9. The molecule has 0 bridgehead atoms. The molecule has 0 saturated carbocycles. The third-order valence-electron chi connectivity index (χ3n) is 5.44. The van der Waals surface area contributed by atoms with E-state index in [0.717, 1.165) is 34.7 Å². The summed E-state index contributed by atoms with van der Waals surface area (Å²) in [7, 11) is -4.02. The van der Waals surface area contributed by atoms with Crippen LogP contribution in [0.4, 0.5) is 24.5 Å². The second-order valence-corrected chi connectivity index (χ2v) is 9.26. The predicted molar refractivity (Wildman–Crippen MR) is 123 cm³/mol. The van der Waals surface area contributed by atoms with Crippen LogP contribution in [0.2, 0.25) is 0 Å². The van der Waals surface area contributed by atoms with Gasteiger partial charge in [-0.2, -0.15) is 13.2 Å². The summed E-state index contributed by atoms with van der Waals surface area (Å²) in [5.74, 6) is -0.106. The zero-order valence-corrected chi connectivity index (χ0v) is 18.3. The Bertz CT molecular complexity index is 1530. The molecule has 1 aliphatic rings. The van der Waals surface area contributed by atoms with Crippen molar-refractivity contribution in [2.24, 2.45) is 4.99 Å². The average molecular weight is 482 g/mol. The molecule has 0 aliphatic carbocycles. The van der Waals surface area contributed by atoms with E-state index in [9.17, 15) is 21.6 Å². The van der Waals surface area contributed by atoms with Crippen LogP contribution in [0.5, 0.6) is 0 Å². The molecular formula is C24H17F3N4O2S. The minimum Gasteiger partial charge on any atom is -0.279 e. The number of aliphatic imine (C=N–C) groups is 1. The Morgan fingerprint density at radius 1 is 0.971 bits per heavy atom. The minimum absolute atomic E-state index is 0.106. The van der Waals surface area contributed by atoms with Gasteiger partial charge in [-0.3, -0.25) is 9.88 Å². The highest BCUT2D eigenvalue weighted by Crippen LogP contribution is 2.37. The summed E-state index contributed by atoms with van der Waals surface area (Å²) in [6, 6.07) is 19.5. The first-order valence-electron chi connectivity index (χ1n) is 10.2. The van der Waals surface area contributed by atoms with Crippen molar-refractivity contribution in [2.75, 3.05) is 4.90 Å². The lowest BCUT2D eigenvalue weighted by Crippen LogP contribution is -2.46. The van der Waals surface area contributed by atoms with Crippen molar-refractivity contribution in [1.29, 1.82) is 0 Å². The van der Waals surface area contributed by atoms with Gasteiger partial charge in [-0.25, -0.2) is 18.1 Å². The normalized spacial score (nSPS) is 16.3. The van der Waals surface area contributed by atoms with Gasteiger partial charge in [-0.1, -0.05) is 48.5 Å². The minimum atomic E-state index is -4.56. The predicted octanol–water partition coefficient (Wildman–Crippen LogP) is 5.24. The zero-order valence-electron chi connectivity index (χ0n) is 17.5. The van der Waals surface area contributed by atoms with Crippen LogP contribution in [-0.2, 0) is 22.7 Å². The average Bonchev–Trinajstić information content (AvgIpc) is 2.82. The number of hydrogen-bond acceptors (Lipinski definition) is 4. The molecule has 6 nitrogen and oxygen atoms in total. The molecule has 0 radical (unpaired) electrons. The summed E-state index contributed by atoms with van der Waals surface area (Å²) in [5, 5.41) is 1.94. The Balaban J connectivity index is 1.66. The number of anilines is 2. The summed E-state index contributed by atoms with van der Waals surface area (Å²) in [6.45, 7) is 0.106. The SMILES string of the molecule is O=S1(=O)NC(=NCc2cccc3ccccc23)N(c2cccc(C(F)(F)F)c2)c2ccncc21. The van der Waals surface area contributed by atoms with E-state index in [-0.39, 0.29) is 28.8 Å². The van der Waals surface area contributed by atoms with E-state index in [4.69, 9.17) is 0 Å². The number of alkyl halides is 3. The Kier molecular flexibility index (Phi) is 5.24. The molecular weight excluding hydrogens is 465 g/mol. The van der Waals surface area contributed by atoms with Crippen LogP contribution >= 0.6 is 0 Å². The molecule has 5 rings (SSSR count). The summed E-state index contributed by atoms with van der Waals surface area (Å²) >= 11 is 0. The lowest BCUT2D eigenvalue weighted by molar-refractivity contribution is -0.137. The van der Waals surface area contributed by atoms with Gasteiger partial charge in [-0.15, -0.1) is 0 Å². The molecule has 10 heteroatoms. The molecule has 0 fully saturated rings. The van der Waals surface area contributed by atoms with Crippen LogP contribution in [0.1, 0.15) is 11.1 Å². The van der Waals surface area contributed by atoms with Gasteiger partial charge in [0.15, 0.2) is 0 Å². The van der Waals surface area contributed by atoms with Crippen molar-refractivity contribution >= 4 is 38.1 Å². The van der Waals surface area contributed by atoms with Crippen LogP contribution in [-0.4, -0.2) is 19.4 Å². The monoisotopic (exact) mass is 482 g/mol. The number of nitrogens with one attached hydrogen (secondary N) is 1. The fourth-order valence-electron chi connectivity index (χ4n) is 3.88. The van der Waals surface area contributed by atoms with Crippen LogP contribution in [0.3, 0.4) is 0 Å². The van der Waals surface area contributed by atoms with Gasteiger partial charge in [0.2, 0.25) is 5.96 Å². The lowest BCUT2D eigenvalue weighted by Gasteiger charge is -2.32. The number of halogens is 3. The van der Waals surface area contributed by atoms with Crippen molar-refractivity contribution in [3.05, 3.63) is 96.3 Å². The number of pyridine rings is 1. The van der Waals surface area contributed by atoms with Crippen LogP contribution in [0, 0.1) is 0 Å². The van der Waals surface area contributed by atoms with E-state index < -0.39 is 21.8 Å². The second-order valence-electron chi connectivity index (χ2n) is 7.61. The highest BCUT2D eigenvalue weighted by atomic mass is 32.2. The number of aromatic nitrogens is 1. The van der Waals surface area contributed by atoms with E-state index >= 15 is 0 Å². The molecule has 172 valence electrons. The molecule has 0 saturated heterocycles. The third-order valence-corrected chi connectivity index (χ3v) is 6.79. The van der Waals surface area contributed by atoms with Gasteiger partial charge >= 0.3 is 6.18 Å². The van der Waals surface area contributed by atoms with E-state index in [1.54, 1.807) is 0 Å². The maximum Gasteiger partial charge on any atom is 0.416 e. The van der Waals surface area contributed by atoms with Crippen LogP contribution in [0.25, 0.3) is 10.8 Å². The number of hydrogen-bond donors (Lipinski definition) is 1. The van der Waals surface area contributed by atoms with Crippen LogP contribution in [0.15, 0.2) is 95.1 Å². The first-order valence-corrected chi connectivity index (χ1v) is 11.7. The maximum atomic E-state index is 13.4. The quantitative estimate of drug-likeness (QED) is 0.433. The molecule has 0 atom stereocenters. The number of guanidine groups is 1. The summed E-state index contributed by atoms with van der Waals surface area (Å²) in [6.07, 6.45) is -2.03. The fourth-order valence-corrected chi connectivity index (χ4v) is 5.02. The lowest BCUT2D eigenvalue weighted by atomic mass is 10.0. The first-order chi connectivity index (χ1) is 16.2. The molecule has 4 aromatic rings. The highest BCUT2D eigenvalue weighted by Gasteiger charge is 2.36. The van der Waals surface area contributed by atoms with Gasteiger partial charge in [0.1, 0.15) is 4.90 Å². The third kappa shape index (κ3) is 3.96. The maximum absolute atomic E-state index is 13.4. The number of rotatable bonds is 3. The molecule has 0 amide bonds. The number of sulfonamides is 1. The smallest absolute Gasteiger partial charge is 0.279 e. The molecule has 1 aliphatic heterocycles. The second kappa shape index (κ2) is 8.14. The van der Waals surface area contributed by atoms with Gasteiger partial charge in [0.05, 0.1) is 17.8 Å². The van der Waals surface area contributed by atoms with Gasteiger partial charge < -0.3 is 0 Å². The van der Waals surface area contributed by atoms with Gasteiger partial charge in [0, 0.05) is 18.1 Å². The van der Waals surface area contributed by atoms with Crippen molar-refractivity contribution in [3.63, 3.8) is 0 Å². The molecule has 1 N–H and O–H groups in total. The molecule has 0 spiro atoms. The molecule has 3 aromatic carbocycles. The Hall–Kier alpha value is -3.92. The largest absolute Gasteiger partial charge is 0.416 e. The summed E-state index contributed by atoms with van der Waals surface area (Å²) in [4.78, 5) is 9.57. The Labute approximate surface area is 193 Å². The van der Waals surface area contributed by atoms with E-state index in [1.807, 2.05) is 42.5 Å². The molecule has 0 unspecified atom stereocenters. The Morgan fingerprint density at radius 2 is 1.74 bits per heavy atom.